The summed E-state index contributed by atoms with van der Waals surface area (Å²) in [5.41, 5.74) is -0.123. The smallest absolute Gasteiger partial charge is 0.209 e. The fourth-order valence-electron chi connectivity index (χ4n) is 2.30. The minimum absolute atomic E-state index is 0.123. The molecule has 0 radical (unpaired) electrons. The molecule has 3 aromatic rings. The average molecular weight is 328 g/mol. The maximum atomic E-state index is 5.94. The quantitative estimate of drug-likeness (QED) is 0.527. The predicted molar refractivity (Wildman–Crippen MR) is 93.0 cm³/mol. The van der Waals surface area contributed by atoms with Gasteiger partial charge in [-0.3, -0.25) is 0 Å². The van der Waals surface area contributed by atoms with Gasteiger partial charge in [-0.1, -0.05) is 48.2 Å². The number of tetrazole rings is 1. The van der Waals surface area contributed by atoms with Gasteiger partial charge >= 0.3 is 0 Å². The first-order valence-corrected chi connectivity index (χ1v) is 8.56. The van der Waals surface area contributed by atoms with E-state index in [1.54, 1.807) is 11.8 Å². The predicted octanol–water partition coefficient (Wildman–Crippen LogP) is 3.75. The minimum atomic E-state index is -0.123. The number of hydrogen-bond donors (Lipinski definition) is 0. The van der Waals surface area contributed by atoms with E-state index in [-0.39, 0.29) is 5.54 Å². The maximum Gasteiger partial charge on any atom is 0.209 e. The first-order valence-electron chi connectivity index (χ1n) is 7.58. The molecule has 1 heterocycles. The lowest BCUT2D eigenvalue weighted by molar-refractivity contribution is 0.320. The van der Waals surface area contributed by atoms with Crippen molar-refractivity contribution in [3.63, 3.8) is 0 Å². The van der Waals surface area contributed by atoms with Crippen molar-refractivity contribution in [2.45, 2.75) is 31.5 Å². The van der Waals surface area contributed by atoms with Crippen molar-refractivity contribution in [3.05, 3.63) is 42.5 Å². The van der Waals surface area contributed by atoms with Crippen LogP contribution in [0.15, 0.2) is 47.6 Å². The van der Waals surface area contributed by atoms with Gasteiger partial charge in [-0.25, -0.2) is 4.68 Å². The molecule has 2 aromatic carbocycles. The minimum Gasteiger partial charge on any atom is -0.492 e. The van der Waals surface area contributed by atoms with Gasteiger partial charge in [0.15, 0.2) is 0 Å². The van der Waals surface area contributed by atoms with Crippen LogP contribution in [0.25, 0.3) is 10.8 Å². The summed E-state index contributed by atoms with van der Waals surface area (Å²) in [5.74, 6) is 1.71. The molecule has 120 valence electrons. The second kappa shape index (κ2) is 6.58. The second-order valence-electron chi connectivity index (χ2n) is 6.22. The molecule has 0 aliphatic rings. The molecule has 23 heavy (non-hydrogen) atoms. The molecule has 3 rings (SSSR count). The third kappa shape index (κ3) is 3.64. The lowest BCUT2D eigenvalue weighted by atomic mass is 10.1. The Morgan fingerprint density at radius 3 is 2.70 bits per heavy atom. The molecule has 0 saturated carbocycles. The van der Waals surface area contributed by atoms with Gasteiger partial charge in [0.2, 0.25) is 5.16 Å². The van der Waals surface area contributed by atoms with E-state index in [1.807, 2.05) is 28.9 Å². The molecule has 1 aromatic heterocycles. The molecule has 0 atom stereocenters. The van der Waals surface area contributed by atoms with E-state index >= 15 is 0 Å². The number of ether oxygens (including phenoxy) is 1. The highest BCUT2D eigenvalue weighted by Gasteiger charge is 2.19. The molecule has 6 heteroatoms. The zero-order valence-corrected chi connectivity index (χ0v) is 14.4. The van der Waals surface area contributed by atoms with Crippen LogP contribution in [0.2, 0.25) is 0 Å². The van der Waals surface area contributed by atoms with Crippen molar-refractivity contribution >= 4 is 22.5 Å². The topological polar surface area (TPSA) is 52.8 Å². The van der Waals surface area contributed by atoms with E-state index in [0.717, 1.165) is 22.0 Å². The number of benzene rings is 2. The van der Waals surface area contributed by atoms with Crippen LogP contribution in [0.5, 0.6) is 5.75 Å². The Morgan fingerprint density at radius 1 is 1.09 bits per heavy atom. The summed E-state index contributed by atoms with van der Waals surface area (Å²) in [6.45, 7) is 6.86. The van der Waals surface area contributed by atoms with Crippen molar-refractivity contribution in [2.24, 2.45) is 0 Å². The molecule has 0 aliphatic carbocycles. The summed E-state index contributed by atoms with van der Waals surface area (Å²) in [5, 5.41) is 15.1. The van der Waals surface area contributed by atoms with Crippen LogP contribution < -0.4 is 4.74 Å². The fourth-order valence-corrected chi connectivity index (χ4v) is 3.17. The molecule has 0 N–H and O–H groups in total. The molecule has 0 unspecified atom stereocenters. The van der Waals surface area contributed by atoms with Gasteiger partial charge in [0, 0.05) is 11.1 Å². The molecule has 0 fully saturated rings. The molecule has 0 saturated heterocycles. The summed E-state index contributed by atoms with van der Waals surface area (Å²) in [7, 11) is 0. The first-order chi connectivity index (χ1) is 11.1. The van der Waals surface area contributed by atoms with Crippen LogP contribution in [0.3, 0.4) is 0 Å². The van der Waals surface area contributed by atoms with Crippen LogP contribution >= 0.6 is 11.8 Å². The lowest BCUT2D eigenvalue weighted by Crippen LogP contribution is -2.24. The molecular weight excluding hydrogens is 308 g/mol. The van der Waals surface area contributed by atoms with Crippen molar-refractivity contribution < 1.29 is 4.74 Å². The molecule has 0 aliphatic heterocycles. The van der Waals surface area contributed by atoms with Gasteiger partial charge in [0.25, 0.3) is 0 Å². The average Bonchev–Trinajstić information content (AvgIpc) is 3.00. The largest absolute Gasteiger partial charge is 0.492 e. The van der Waals surface area contributed by atoms with E-state index < -0.39 is 0 Å². The number of nitrogens with zero attached hydrogens (tertiary/aromatic N) is 4. The van der Waals surface area contributed by atoms with Gasteiger partial charge in [-0.2, -0.15) is 0 Å². The third-order valence-corrected chi connectivity index (χ3v) is 4.28. The van der Waals surface area contributed by atoms with Gasteiger partial charge in [-0.05, 0) is 42.7 Å². The van der Waals surface area contributed by atoms with E-state index in [0.29, 0.717) is 6.61 Å². The molecule has 0 amide bonds. The number of fused-ring (bicyclic) bond motifs is 1. The molecular formula is C17H20N4OS. The summed E-state index contributed by atoms with van der Waals surface area (Å²) >= 11 is 1.61. The van der Waals surface area contributed by atoms with Crippen LogP contribution in [0, 0.1) is 0 Å². The lowest BCUT2D eigenvalue weighted by Gasteiger charge is -2.19. The normalized spacial score (nSPS) is 11.8. The molecule has 0 bridgehead atoms. The van der Waals surface area contributed by atoms with E-state index in [9.17, 15) is 0 Å². The van der Waals surface area contributed by atoms with Gasteiger partial charge in [0.1, 0.15) is 5.75 Å². The standard InChI is InChI=1S/C17H20N4OS/c1-17(2,3)21-16(18-19-20-21)23-12-11-22-15-10-6-8-13-7-4-5-9-14(13)15/h4-10H,11-12H2,1-3H3. The van der Waals surface area contributed by atoms with Crippen LogP contribution in [0.4, 0.5) is 0 Å². The van der Waals surface area contributed by atoms with Crippen molar-refractivity contribution in [3.8, 4) is 5.75 Å². The SMILES string of the molecule is CC(C)(C)n1nnnc1SCCOc1cccc2ccccc12. The van der Waals surface area contributed by atoms with Crippen molar-refractivity contribution in [1.29, 1.82) is 0 Å². The number of aromatic nitrogens is 4. The van der Waals surface area contributed by atoms with E-state index in [2.05, 4.69) is 54.5 Å². The van der Waals surface area contributed by atoms with Gasteiger partial charge in [-0.15, -0.1) is 5.10 Å². The third-order valence-electron chi connectivity index (χ3n) is 3.40. The Hall–Kier alpha value is -2.08. The summed E-state index contributed by atoms with van der Waals surface area (Å²) in [6, 6.07) is 14.4. The molecule has 0 spiro atoms. The molecule has 5 nitrogen and oxygen atoms in total. The first kappa shape index (κ1) is 15.8. The Morgan fingerprint density at radius 2 is 1.87 bits per heavy atom. The van der Waals surface area contributed by atoms with Gasteiger partial charge < -0.3 is 4.74 Å². The van der Waals surface area contributed by atoms with E-state index in [1.165, 1.54) is 5.39 Å². The monoisotopic (exact) mass is 328 g/mol. The Bertz CT molecular complexity index is 789. The zero-order valence-electron chi connectivity index (χ0n) is 13.6. The maximum absolute atomic E-state index is 5.94. The summed E-state index contributed by atoms with van der Waals surface area (Å²) < 4.78 is 7.79. The Kier molecular flexibility index (Phi) is 4.52. The van der Waals surface area contributed by atoms with Crippen LogP contribution in [-0.4, -0.2) is 32.6 Å². The Balaban J connectivity index is 1.61. The highest BCUT2D eigenvalue weighted by atomic mass is 32.2. The van der Waals surface area contributed by atoms with Gasteiger partial charge in [0.05, 0.1) is 12.1 Å². The number of rotatable bonds is 5. The summed E-state index contributed by atoms with van der Waals surface area (Å²) in [6.07, 6.45) is 0. The number of hydrogen-bond acceptors (Lipinski definition) is 5. The van der Waals surface area contributed by atoms with Crippen molar-refractivity contribution in [2.75, 3.05) is 12.4 Å². The summed E-state index contributed by atoms with van der Waals surface area (Å²) in [4.78, 5) is 0. The van der Waals surface area contributed by atoms with Crippen molar-refractivity contribution in [1.82, 2.24) is 20.2 Å². The number of thioether (sulfide) groups is 1. The Labute approximate surface area is 140 Å². The highest BCUT2D eigenvalue weighted by Crippen LogP contribution is 2.26. The highest BCUT2D eigenvalue weighted by molar-refractivity contribution is 7.99. The van der Waals surface area contributed by atoms with Crippen LogP contribution in [-0.2, 0) is 5.54 Å². The fraction of sp³-hybridized carbons (Fsp3) is 0.353. The van der Waals surface area contributed by atoms with E-state index in [4.69, 9.17) is 4.74 Å². The zero-order chi connectivity index (χ0) is 16.3. The second-order valence-corrected chi connectivity index (χ2v) is 7.28. The van der Waals surface area contributed by atoms with Crippen LogP contribution in [0.1, 0.15) is 20.8 Å².